The Morgan fingerprint density at radius 3 is 1.80 bits per heavy atom. The number of hydrogen-bond acceptors (Lipinski definition) is 3. The lowest BCUT2D eigenvalue weighted by Gasteiger charge is -2.28. The van der Waals surface area contributed by atoms with Gasteiger partial charge in [0.25, 0.3) is 0 Å². The molecule has 0 atom stereocenters. The second-order valence-corrected chi connectivity index (χ2v) is 18.4. The van der Waals surface area contributed by atoms with Crippen molar-refractivity contribution < 1.29 is 0 Å². The number of benzene rings is 10. The Kier molecular flexibility index (Phi) is 9.06. The topological polar surface area (TPSA) is 15.3 Å². The lowest BCUT2D eigenvalue weighted by Crippen LogP contribution is -2.16. The van der Waals surface area contributed by atoms with E-state index in [0.717, 1.165) is 39.6 Å². The van der Waals surface area contributed by atoms with E-state index in [0.29, 0.717) is 0 Å². The first-order valence-corrected chi connectivity index (χ1v) is 22.9. The van der Waals surface area contributed by atoms with Gasteiger partial charge in [-0.1, -0.05) is 184 Å². The SMILES string of the molecule is CC1(C)c2ccccc2-c2ccc(N(c3ccc(-c4cccc(Nc5ccccc5-c5ccccc5)c4)cc3)c3ccc(-c4cccc5c4sc4c6ccccc6ccc54)cc3)cc21. The molecule has 1 aromatic heterocycles. The van der Waals surface area contributed by atoms with Crippen molar-refractivity contribution in [1.82, 2.24) is 0 Å². The van der Waals surface area contributed by atoms with Gasteiger partial charge in [0, 0.05) is 59.6 Å². The van der Waals surface area contributed by atoms with E-state index in [-0.39, 0.29) is 5.41 Å². The zero-order valence-electron chi connectivity index (χ0n) is 35.7. The highest BCUT2D eigenvalue weighted by Crippen LogP contribution is 2.51. The van der Waals surface area contributed by atoms with Crippen molar-refractivity contribution in [2.45, 2.75) is 19.3 Å². The van der Waals surface area contributed by atoms with Gasteiger partial charge in [0.15, 0.2) is 0 Å². The third-order valence-corrected chi connectivity index (χ3v) is 14.6. The molecule has 0 radical (unpaired) electrons. The summed E-state index contributed by atoms with van der Waals surface area (Å²) in [6, 6.07) is 82.0. The van der Waals surface area contributed by atoms with Crippen LogP contribution >= 0.6 is 11.3 Å². The molecule has 0 bridgehead atoms. The van der Waals surface area contributed by atoms with E-state index in [9.17, 15) is 0 Å². The summed E-state index contributed by atoms with van der Waals surface area (Å²) < 4.78 is 2.68. The Morgan fingerprint density at radius 1 is 0.375 bits per heavy atom. The van der Waals surface area contributed by atoms with Crippen LogP contribution in [0.1, 0.15) is 25.0 Å². The number of anilines is 5. The molecule has 11 aromatic rings. The van der Waals surface area contributed by atoms with E-state index in [2.05, 4.69) is 249 Å². The van der Waals surface area contributed by atoms with Crippen LogP contribution in [0.5, 0.6) is 0 Å². The Hall–Kier alpha value is -7.72. The molecular weight excluding hydrogens is 793 g/mol. The predicted molar refractivity (Wildman–Crippen MR) is 275 cm³/mol. The maximum absolute atomic E-state index is 3.72. The zero-order chi connectivity index (χ0) is 42.8. The first-order valence-electron chi connectivity index (χ1n) is 22.1. The first kappa shape index (κ1) is 38.0. The molecule has 1 aliphatic rings. The highest BCUT2D eigenvalue weighted by molar-refractivity contribution is 7.27. The maximum Gasteiger partial charge on any atom is 0.0465 e. The molecule has 3 heteroatoms. The van der Waals surface area contributed by atoms with Crippen molar-refractivity contribution in [3.63, 3.8) is 0 Å². The normalized spacial score (nSPS) is 12.7. The van der Waals surface area contributed by atoms with Crippen LogP contribution in [0.3, 0.4) is 0 Å². The van der Waals surface area contributed by atoms with Crippen LogP contribution in [0, 0.1) is 0 Å². The van der Waals surface area contributed by atoms with Crippen LogP contribution in [0.2, 0.25) is 0 Å². The predicted octanol–water partition coefficient (Wildman–Crippen LogP) is 17.7. The van der Waals surface area contributed by atoms with Gasteiger partial charge in [-0.15, -0.1) is 11.3 Å². The summed E-state index contributed by atoms with van der Waals surface area (Å²) in [6.45, 7) is 4.71. The Labute approximate surface area is 378 Å². The van der Waals surface area contributed by atoms with Crippen LogP contribution in [-0.2, 0) is 5.41 Å². The van der Waals surface area contributed by atoms with Gasteiger partial charge in [0.1, 0.15) is 0 Å². The zero-order valence-corrected chi connectivity index (χ0v) is 36.5. The van der Waals surface area contributed by atoms with Crippen molar-refractivity contribution >= 4 is 70.7 Å². The summed E-state index contributed by atoms with van der Waals surface area (Å²) in [5.74, 6) is 0. The van der Waals surface area contributed by atoms with Crippen LogP contribution < -0.4 is 10.2 Å². The fourth-order valence-corrected chi connectivity index (χ4v) is 11.4. The van der Waals surface area contributed by atoms with Crippen LogP contribution in [0.25, 0.3) is 75.5 Å². The minimum atomic E-state index is -0.115. The van der Waals surface area contributed by atoms with E-state index in [4.69, 9.17) is 0 Å². The lowest BCUT2D eigenvalue weighted by atomic mass is 9.82. The van der Waals surface area contributed by atoms with Crippen molar-refractivity contribution in [2.75, 3.05) is 10.2 Å². The van der Waals surface area contributed by atoms with Gasteiger partial charge in [0.05, 0.1) is 0 Å². The molecule has 0 unspecified atom stereocenters. The van der Waals surface area contributed by atoms with Gasteiger partial charge in [-0.3, -0.25) is 0 Å². The second kappa shape index (κ2) is 15.3. The molecule has 0 saturated heterocycles. The molecule has 0 spiro atoms. The fraction of sp³-hybridized carbons (Fsp3) is 0.0492. The fourth-order valence-electron chi connectivity index (χ4n) is 10.0. The standard InChI is InChI=1S/C61H44N2S/c1-61(2)56-24-10-8-21-52(56)53-37-35-48(39-57(53)61)63(47-33-28-43(29-34-47)51-22-13-23-54-55-36-30-42-16-6-7-20-50(42)60(55)64-59(51)54)46-31-26-40(27-32-46)44-17-12-18-45(38-44)62-58-25-11-9-19-49(58)41-14-4-3-5-15-41/h3-39,62H,1-2H3. The molecule has 304 valence electrons. The molecule has 1 aliphatic carbocycles. The van der Waals surface area contributed by atoms with Gasteiger partial charge >= 0.3 is 0 Å². The van der Waals surface area contributed by atoms with Crippen molar-refractivity contribution in [3.05, 3.63) is 236 Å². The third-order valence-electron chi connectivity index (χ3n) is 13.3. The van der Waals surface area contributed by atoms with Crippen molar-refractivity contribution in [3.8, 4) is 44.5 Å². The van der Waals surface area contributed by atoms with Crippen LogP contribution in [0.4, 0.5) is 28.4 Å². The van der Waals surface area contributed by atoms with E-state index < -0.39 is 0 Å². The largest absolute Gasteiger partial charge is 0.355 e. The summed E-state index contributed by atoms with van der Waals surface area (Å²) in [7, 11) is 0. The van der Waals surface area contributed by atoms with E-state index in [1.165, 1.54) is 75.5 Å². The van der Waals surface area contributed by atoms with Crippen molar-refractivity contribution in [2.24, 2.45) is 0 Å². The Morgan fingerprint density at radius 2 is 0.969 bits per heavy atom. The Balaban J connectivity index is 0.918. The molecule has 12 rings (SSSR count). The van der Waals surface area contributed by atoms with Gasteiger partial charge in [-0.25, -0.2) is 0 Å². The minimum Gasteiger partial charge on any atom is -0.355 e. The molecular formula is C61H44N2S. The number of para-hydroxylation sites is 1. The molecule has 10 aromatic carbocycles. The summed E-state index contributed by atoms with van der Waals surface area (Å²) in [5.41, 5.74) is 17.9. The molecule has 0 saturated carbocycles. The minimum absolute atomic E-state index is 0.115. The van der Waals surface area contributed by atoms with Gasteiger partial charge in [-0.2, -0.15) is 0 Å². The van der Waals surface area contributed by atoms with E-state index in [1.807, 2.05) is 11.3 Å². The number of nitrogens with one attached hydrogen (secondary N) is 1. The number of nitrogens with zero attached hydrogens (tertiary/aromatic N) is 1. The summed E-state index contributed by atoms with van der Waals surface area (Å²) >= 11 is 1.91. The average Bonchev–Trinajstić information content (AvgIpc) is 3.85. The molecule has 2 nitrogen and oxygen atoms in total. The summed E-state index contributed by atoms with van der Waals surface area (Å²) in [4.78, 5) is 2.41. The summed E-state index contributed by atoms with van der Waals surface area (Å²) in [5, 5.41) is 8.96. The smallest absolute Gasteiger partial charge is 0.0465 e. The monoisotopic (exact) mass is 836 g/mol. The lowest BCUT2D eigenvalue weighted by molar-refractivity contribution is 0.660. The van der Waals surface area contributed by atoms with E-state index in [1.54, 1.807) is 0 Å². The van der Waals surface area contributed by atoms with Crippen molar-refractivity contribution in [1.29, 1.82) is 0 Å². The highest BCUT2D eigenvalue weighted by Gasteiger charge is 2.35. The molecule has 1 heterocycles. The van der Waals surface area contributed by atoms with Crippen LogP contribution in [-0.4, -0.2) is 0 Å². The number of fused-ring (bicyclic) bond motifs is 8. The average molecular weight is 837 g/mol. The third kappa shape index (κ3) is 6.39. The van der Waals surface area contributed by atoms with Gasteiger partial charge < -0.3 is 10.2 Å². The second-order valence-electron chi connectivity index (χ2n) is 17.4. The molecule has 0 aliphatic heterocycles. The van der Waals surface area contributed by atoms with Crippen LogP contribution in [0.15, 0.2) is 224 Å². The Bertz CT molecular complexity index is 3550. The first-order chi connectivity index (χ1) is 31.5. The summed E-state index contributed by atoms with van der Waals surface area (Å²) in [6.07, 6.45) is 0. The molecule has 64 heavy (non-hydrogen) atoms. The number of thiophene rings is 1. The van der Waals surface area contributed by atoms with Gasteiger partial charge in [-0.05, 0) is 115 Å². The molecule has 0 fully saturated rings. The molecule has 0 amide bonds. The van der Waals surface area contributed by atoms with E-state index >= 15 is 0 Å². The van der Waals surface area contributed by atoms with Gasteiger partial charge in [0.2, 0.25) is 0 Å². The molecule has 1 N–H and O–H groups in total. The number of hydrogen-bond donors (Lipinski definition) is 1. The highest BCUT2D eigenvalue weighted by atomic mass is 32.1. The quantitative estimate of drug-likeness (QED) is 0.164. The number of rotatable bonds is 8. The maximum atomic E-state index is 3.72.